The first kappa shape index (κ1) is 15.0. The Balaban J connectivity index is 4.05. The third kappa shape index (κ3) is 7.30. The molecule has 2 N–H and O–H groups in total. The van der Waals surface area contributed by atoms with Gasteiger partial charge in [0.1, 0.15) is 6.54 Å². The van der Waals surface area contributed by atoms with Gasteiger partial charge in [0.15, 0.2) is 0 Å². The van der Waals surface area contributed by atoms with Gasteiger partial charge in [-0.3, -0.25) is 0 Å². The predicted molar refractivity (Wildman–Crippen MR) is 50.0 cm³/mol. The predicted octanol–water partition coefficient (Wildman–Crippen LogP) is 0.199. The Morgan fingerprint density at radius 2 is 2.06 bits per heavy atom. The fourth-order valence-electron chi connectivity index (χ4n) is 0.925. The first-order chi connectivity index (χ1) is 7.40. The molecule has 8 heteroatoms. The molecule has 2 amide bonds. The molecule has 0 rings (SSSR count). The normalized spacial score (nSPS) is 11.3. The molecule has 16 heavy (non-hydrogen) atoms. The Morgan fingerprint density at radius 3 is 2.50 bits per heavy atom. The zero-order valence-electron chi connectivity index (χ0n) is 8.88. The molecule has 0 unspecified atom stereocenters. The molecule has 0 aliphatic rings. The zero-order chi connectivity index (χ0) is 12.6. The summed E-state index contributed by atoms with van der Waals surface area (Å²) in [4.78, 5) is 12.3. The molecule has 0 aromatic rings. The van der Waals surface area contributed by atoms with Gasteiger partial charge in [-0.1, -0.05) is 0 Å². The van der Waals surface area contributed by atoms with Crippen LogP contribution in [0.3, 0.4) is 0 Å². The molecule has 0 aromatic carbocycles. The maximum atomic E-state index is 11.8. The molecular weight excluding hydrogens is 229 g/mol. The number of aliphatic hydroxyl groups is 1. The van der Waals surface area contributed by atoms with Gasteiger partial charge in [0.2, 0.25) is 0 Å². The highest BCUT2D eigenvalue weighted by atomic mass is 19.4. The van der Waals surface area contributed by atoms with E-state index in [1.807, 2.05) is 0 Å². The van der Waals surface area contributed by atoms with E-state index in [4.69, 9.17) is 5.11 Å². The average molecular weight is 244 g/mol. The molecule has 0 saturated heterocycles. The first-order valence-corrected chi connectivity index (χ1v) is 4.60. The molecule has 96 valence electrons. The Bertz CT molecular complexity index is 211. The Morgan fingerprint density at radius 1 is 1.44 bits per heavy atom. The minimum Gasteiger partial charge on any atom is -0.395 e. The monoisotopic (exact) mass is 244 g/mol. The van der Waals surface area contributed by atoms with E-state index in [9.17, 15) is 18.0 Å². The second-order valence-corrected chi connectivity index (χ2v) is 2.98. The molecule has 0 heterocycles. The first-order valence-electron chi connectivity index (χ1n) is 4.60. The average Bonchev–Trinajstić information content (AvgIpc) is 2.19. The summed E-state index contributed by atoms with van der Waals surface area (Å²) < 4.78 is 40.1. The molecule has 0 spiro atoms. The third-order valence-electron chi connectivity index (χ3n) is 1.66. The van der Waals surface area contributed by atoms with E-state index in [2.05, 4.69) is 4.74 Å². The molecule has 0 fully saturated rings. The number of hydrogen-bond donors (Lipinski definition) is 2. The van der Waals surface area contributed by atoms with Crippen molar-refractivity contribution in [3.05, 3.63) is 0 Å². The van der Waals surface area contributed by atoms with Crippen LogP contribution in [0.1, 0.15) is 0 Å². The Labute approximate surface area is 91.2 Å². The number of urea groups is 1. The summed E-state index contributed by atoms with van der Waals surface area (Å²) in [5, 5.41) is 10.3. The fourth-order valence-corrected chi connectivity index (χ4v) is 0.925. The molecule has 0 aromatic heterocycles. The van der Waals surface area contributed by atoms with Gasteiger partial charge < -0.3 is 20.1 Å². The van der Waals surface area contributed by atoms with Crippen molar-refractivity contribution in [2.24, 2.45) is 0 Å². The fraction of sp³-hybridized carbons (Fsp3) is 0.875. The number of nitrogens with one attached hydrogen (secondary N) is 1. The van der Waals surface area contributed by atoms with Crippen LogP contribution in [0.25, 0.3) is 0 Å². The number of ether oxygens (including phenoxy) is 1. The van der Waals surface area contributed by atoms with Gasteiger partial charge in [-0.15, -0.1) is 0 Å². The highest BCUT2D eigenvalue weighted by Crippen LogP contribution is 2.12. The second kappa shape index (κ2) is 7.29. The van der Waals surface area contributed by atoms with E-state index in [-0.39, 0.29) is 26.3 Å². The van der Waals surface area contributed by atoms with Crippen molar-refractivity contribution < 1.29 is 27.8 Å². The maximum Gasteiger partial charge on any atom is 0.405 e. The lowest BCUT2D eigenvalue weighted by Crippen LogP contribution is -2.46. The smallest absolute Gasteiger partial charge is 0.395 e. The molecule has 0 atom stereocenters. The van der Waals surface area contributed by atoms with Gasteiger partial charge in [-0.25, -0.2) is 4.79 Å². The van der Waals surface area contributed by atoms with Gasteiger partial charge >= 0.3 is 12.2 Å². The van der Waals surface area contributed by atoms with Crippen LogP contribution in [-0.2, 0) is 4.74 Å². The summed E-state index contributed by atoms with van der Waals surface area (Å²) in [7, 11) is 1.41. The van der Waals surface area contributed by atoms with E-state index in [1.54, 1.807) is 5.32 Å². The lowest BCUT2D eigenvalue weighted by atomic mass is 10.5. The lowest BCUT2D eigenvalue weighted by molar-refractivity contribution is -0.123. The lowest BCUT2D eigenvalue weighted by Gasteiger charge is -2.22. The number of carbonyl (C=O) groups excluding carboxylic acids is 1. The highest BCUT2D eigenvalue weighted by molar-refractivity contribution is 5.74. The number of hydrogen-bond acceptors (Lipinski definition) is 3. The van der Waals surface area contributed by atoms with Gasteiger partial charge in [0.05, 0.1) is 13.2 Å². The van der Waals surface area contributed by atoms with Crippen LogP contribution in [0, 0.1) is 0 Å². The summed E-state index contributed by atoms with van der Waals surface area (Å²) in [6.07, 6.45) is -4.44. The minimum absolute atomic E-state index is 0.0347. The quantitative estimate of drug-likeness (QED) is 0.701. The van der Waals surface area contributed by atoms with Crippen molar-refractivity contribution in [1.29, 1.82) is 0 Å². The van der Waals surface area contributed by atoms with Crippen molar-refractivity contribution in [2.75, 3.05) is 40.0 Å². The van der Waals surface area contributed by atoms with Crippen molar-refractivity contribution in [1.82, 2.24) is 10.2 Å². The van der Waals surface area contributed by atoms with Crippen LogP contribution in [0.5, 0.6) is 0 Å². The van der Waals surface area contributed by atoms with Gasteiger partial charge in [0.25, 0.3) is 0 Å². The van der Waals surface area contributed by atoms with E-state index in [0.29, 0.717) is 0 Å². The van der Waals surface area contributed by atoms with Crippen LogP contribution in [0.4, 0.5) is 18.0 Å². The molecule has 0 radical (unpaired) electrons. The largest absolute Gasteiger partial charge is 0.405 e. The summed E-state index contributed by atoms with van der Waals surface area (Å²) in [6, 6.07) is -0.872. The van der Waals surface area contributed by atoms with Gasteiger partial charge in [0, 0.05) is 20.2 Å². The van der Waals surface area contributed by atoms with E-state index in [1.165, 1.54) is 7.11 Å². The molecule has 0 saturated carbocycles. The highest BCUT2D eigenvalue weighted by Gasteiger charge is 2.28. The summed E-state index contributed by atoms with van der Waals surface area (Å²) >= 11 is 0. The summed E-state index contributed by atoms with van der Waals surface area (Å²) in [5.41, 5.74) is 0. The molecule has 0 aliphatic carbocycles. The van der Waals surface area contributed by atoms with Crippen LogP contribution in [0.2, 0.25) is 0 Å². The van der Waals surface area contributed by atoms with Crippen molar-refractivity contribution >= 4 is 6.03 Å². The molecular formula is C8H15F3N2O3. The second-order valence-electron chi connectivity index (χ2n) is 2.98. The number of methoxy groups -OCH3 is 1. The third-order valence-corrected chi connectivity index (χ3v) is 1.66. The van der Waals surface area contributed by atoms with E-state index in [0.717, 1.165) is 4.90 Å². The number of rotatable bonds is 6. The summed E-state index contributed by atoms with van der Waals surface area (Å²) in [5.74, 6) is 0. The Hall–Kier alpha value is -1.02. The maximum absolute atomic E-state index is 11.8. The van der Waals surface area contributed by atoms with Crippen LogP contribution in [0.15, 0.2) is 0 Å². The number of amides is 2. The Kier molecular flexibility index (Phi) is 6.82. The molecule has 5 nitrogen and oxygen atoms in total. The van der Waals surface area contributed by atoms with Gasteiger partial charge in [-0.2, -0.15) is 13.2 Å². The van der Waals surface area contributed by atoms with Crippen LogP contribution in [-0.4, -0.2) is 62.2 Å². The molecule has 0 bridgehead atoms. The molecule has 0 aliphatic heterocycles. The number of aliphatic hydroxyl groups excluding tert-OH is 1. The number of halogens is 3. The zero-order valence-corrected chi connectivity index (χ0v) is 8.88. The van der Waals surface area contributed by atoms with Crippen LogP contribution >= 0.6 is 0 Å². The topological polar surface area (TPSA) is 61.8 Å². The summed E-state index contributed by atoms with van der Waals surface area (Å²) in [6.45, 7) is -1.42. The standard InChI is InChI=1S/C8H15F3N2O3/c1-16-5-3-13(2-4-14)7(15)12-6-8(9,10)11/h14H,2-6H2,1H3,(H,12,15). The van der Waals surface area contributed by atoms with E-state index < -0.39 is 18.8 Å². The van der Waals surface area contributed by atoms with Crippen molar-refractivity contribution in [2.45, 2.75) is 6.18 Å². The minimum atomic E-state index is -4.44. The van der Waals surface area contributed by atoms with Gasteiger partial charge in [-0.05, 0) is 0 Å². The van der Waals surface area contributed by atoms with Crippen molar-refractivity contribution in [3.63, 3.8) is 0 Å². The number of nitrogens with zero attached hydrogens (tertiary/aromatic N) is 1. The number of alkyl halides is 3. The SMILES string of the molecule is COCCN(CCO)C(=O)NCC(F)(F)F. The van der Waals surface area contributed by atoms with Crippen molar-refractivity contribution in [3.8, 4) is 0 Å². The van der Waals surface area contributed by atoms with E-state index >= 15 is 0 Å². The number of carbonyl (C=O) groups is 1. The van der Waals surface area contributed by atoms with Crippen LogP contribution < -0.4 is 5.32 Å².